The number of sulfonamides is 1. The molecule has 9 heteroatoms. The normalized spacial score (nSPS) is 11.4. The number of hydrogen-bond donors (Lipinski definition) is 1. The second kappa shape index (κ2) is 8.68. The Morgan fingerprint density at radius 3 is 2.40 bits per heavy atom. The molecule has 30 heavy (non-hydrogen) atoms. The summed E-state index contributed by atoms with van der Waals surface area (Å²) in [7, 11) is -1.91. The minimum absolute atomic E-state index is 0.00271. The molecule has 3 aromatic rings. The summed E-state index contributed by atoms with van der Waals surface area (Å²) in [5, 5.41) is 0. The van der Waals surface area contributed by atoms with Gasteiger partial charge in [0.05, 0.1) is 23.3 Å². The largest absolute Gasteiger partial charge is 0.468 e. The lowest BCUT2D eigenvalue weighted by Crippen LogP contribution is -2.23. The topological polar surface area (TPSA) is 108 Å². The van der Waals surface area contributed by atoms with E-state index in [1.165, 1.54) is 30.5 Å². The molecule has 0 aliphatic heterocycles. The molecule has 0 bridgehead atoms. The van der Waals surface area contributed by atoms with E-state index in [0.717, 1.165) is 11.4 Å². The second-order valence-corrected chi connectivity index (χ2v) is 8.54. The zero-order valence-electron chi connectivity index (χ0n) is 16.8. The standard InChI is InChI=1S/C21H22N2O6S/c1-14-11-19(15(2)23(14)3)20(24)13-29-21(25)16-6-8-18(9-7-16)30(26,27)22-12-17-5-4-10-28-17/h4-11,22H,12-13H2,1-3H3. The third-order valence-electron chi connectivity index (χ3n) is 4.83. The zero-order valence-corrected chi connectivity index (χ0v) is 17.7. The molecule has 0 aliphatic carbocycles. The van der Waals surface area contributed by atoms with Crippen LogP contribution in [-0.2, 0) is 28.4 Å². The first-order valence-electron chi connectivity index (χ1n) is 9.14. The van der Waals surface area contributed by atoms with Gasteiger partial charge in [-0.1, -0.05) is 0 Å². The molecule has 8 nitrogen and oxygen atoms in total. The van der Waals surface area contributed by atoms with Crippen LogP contribution in [0.5, 0.6) is 0 Å². The van der Waals surface area contributed by atoms with Gasteiger partial charge < -0.3 is 13.7 Å². The summed E-state index contributed by atoms with van der Waals surface area (Å²) >= 11 is 0. The second-order valence-electron chi connectivity index (χ2n) is 6.77. The van der Waals surface area contributed by atoms with Crippen LogP contribution in [0.2, 0.25) is 0 Å². The molecule has 0 radical (unpaired) electrons. The molecule has 158 valence electrons. The molecule has 0 fully saturated rings. The Morgan fingerprint density at radius 1 is 1.13 bits per heavy atom. The van der Waals surface area contributed by atoms with Gasteiger partial charge in [-0.2, -0.15) is 0 Å². The maximum atomic E-state index is 12.3. The van der Waals surface area contributed by atoms with Gasteiger partial charge in [0, 0.05) is 24.0 Å². The van der Waals surface area contributed by atoms with E-state index in [4.69, 9.17) is 9.15 Å². The summed E-state index contributed by atoms with van der Waals surface area (Å²) in [4.78, 5) is 24.6. The highest BCUT2D eigenvalue weighted by Gasteiger charge is 2.18. The molecule has 0 saturated heterocycles. The maximum absolute atomic E-state index is 12.3. The van der Waals surface area contributed by atoms with Crippen LogP contribution in [0.15, 0.2) is 58.0 Å². The van der Waals surface area contributed by atoms with Crippen LogP contribution in [0.3, 0.4) is 0 Å². The summed E-state index contributed by atoms with van der Waals surface area (Å²) in [6, 6.07) is 10.3. The van der Waals surface area contributed by atoms with Crippen molar-refractivity contribution >= 4 is 21.8 Å². The number of hydrogen-bond acceptors (Lipinski definition) is 6. The third kappa shape index (κ3) is 4.69. The van der Waals surface area contributed by atoms with E-state index in [0.29, 0.717) is 11.3 Å². The number of rotatable bonds is 8. The van der Waals surface area contributed by atoms with E-state index in [2.05, 4.69) is 4.72 Å². The molecule has 2 heterocycles. The van der Waals surface area contributed by atoms with E-state index in [-0.39, 0.29) is 22.8 Å². The summed E-state index contributed by atoms with van der Waals surface area (Å²) in [6.07, 6.45) is 1.45. The summed E-state index contributed by atoms with van der Waals surface area (Å²) in [5.74, 6) is -0.528. The zero-order chi connectivity index (χ0) is 21.9. The number of aryl methyl sites for hydroxylation is 1. The number of nitrogens with zero attached hydrogens (tertiary/aromatic N) is 1. The first-order valence-corrected chi connectivity index (χ1v) is 10.6. The van der Waals surface area contributed by atoms with Crippen LogP contribution >= 0.6 is 0 Å². The van der Waals surface area contributed by atoms with E-state index in [9.17, 15) is 18.0 Å². The first-order chi connectivity index (χ1) is 14.2. The molecular formula is C21H22N2O6S. The molecule has 3 rings (SSSR count). The number of ketones is 1. The number of carbonyl (C=O) groups excluding carboxylic acids is 2. The van der Waals surface area contributed by atoms with Crippen LogP contribution in [-0.4, -0.2) is 31.3 Å². The van der Waals surface area contributed by atoms with E-state index < -0.39 is 22.6 Å². The number of benzene rings is 1. The lowest BCUT2D eigenvalue weighted by molar-refractivity contribution is 0.0474. The Kier molecular flexibility index (Phi) is 6.23. The fourth-order valence-electron chi connectivity index (χ4n) is 2.86. The lowest BCUT2D eigenvalue weighted by atomic mass is 10.1. The van der Waals surface area contributed by atoms with Gasteiger partial charge in [0.25, 0.3) is 0 Å². The third-order valence-corrected chi connectivity index (χ3v) is 6.24. The lowest BCUT2D eigenvalue weighted by Gasteiger charge is -2.07. The van der Waals surface area contributed by atoms with Gasteiger partial charge in [-0.3, -0.25) is 4.79 Å². The fourth-order valence-corrected chi connectivity index (χ4v) is 3.86. The molecule has 2 aromatic heterocycles. The van der Waals surface area contributed by atoms with Crippen LogP contribution in [0.1, 0.15) is 37.9 Å². The highest BCUT2D eigenvalue weighted by molar-refractivity contribution is 7.89. The van der Waals surface area contributed by atoms with Crippen LogP contribution < -0.4 is 4.72 Å². The molecule has 1 aromatic carbocycles. The van der Waals surface area contributed by atoms with Gasteiger partial charge in [-0.25, -0.2) is 17.9 Å². The van der Waals surface area contributed by atoms with Crippen molar-refractivity contribution in [2.24, 2.45) is 7.05 Å². The Labute approximate surface area is 174 Å². The number of carbonyl (C=O) groups is 2. The van der Waals surface area contributed by atoms with Crippen molar-refractivity contribution in [2.75, 3.05) is 6.61 Å². The van der Waals surface area contributed by atoms with Crippen molar-refractivity contribution in [1.82, 2.24) is 9.29 Å². The summed E-state index contributed by atoms with van der Waals surface area (Å²) in [6.45, 7) is 3.32. The van der Waals surface area contributed by atoms with Crippen LogP contribution in [0.4, 0.5) is 0 Å². The minimum Gasteiger partial charge on any atom is -0.468 e. The molecule has 0 spiro atoms. The predicted octanol–water partition coefficient (Wildman–Crippen LogP) is 2.75. The number of nitrogens with one attached hydrogen (secondary N) is 1. The highest BCUT2D eigenvalue weighted by Crippen LogP contribution is 2.15. The van der Waals surface area contributed by atoms with Gasteiger partial charge in [-0.05, 0) is 56.3 Å². The van der Waals surface area contributed by atoms with Crippen molar-refractivity contribution in [1.29, 1.82) is 0 Å². The smallest absolute Gasteiger partial charge is 0.338 e. The molecule has 0 aliphatic rings. The number of ether oxygens (including phenoxy) is 1. The van der Waals surface area contributed by atoms with Crippen molar-refractivity contribution < 1.29 is 27.2 Å². The SMILES string of the molecule is Cc1cc(C(=O)COC(=O)c2ccc(S(=O)(=O)NCc3ccco3)cc2)c(C)n1C. The quantitative estimate of drug-likeness (QED) is 0.435. The van der Waals surface area contributed by atoms with E-state index >= 15 is 0 Å². The van der Waals surface area contributed by atoms with Crippen molar-refractivity contribution in [3.8, 4) is 0 Å². The molecule has 0 amide bonds. The van der Waals surface area contributed by atoms with Crippen LogP contribution in [0, 0.1) is 13.8 Å². The number of aromatic nitrogens is 1. The molecule has 0 atom stereocenters. The molecule has 0 unspecified atom stereocenters. The Morgan fingerprint density at radius 2 is 1.83 bits per heavy atom. The Hall–Kier alpha value is -3.17. The maximum Gasteiger partial charge on any atom is 0.338 e. The average molecular weight is 430 g/mol. The first kappa shape index (κ1) is 21.5. The van der Waals surface area contributed by atoms with Gasteiger partial charge in [-0.15, -0.1) is 0 Å². The summed E-state index contributed by atoms with van der Waals surface area (Å²) in [5.41, 5.74) is 2.38. The Balaban J connectivity index is 1.60. The van der Waals surface area contributed by atoms with Gasteiger partial charge >= 0.3 is 5.97 Å². The molecular weight excluding hydrogens is 408 g/mol. The number of Topliss-reactive ketones (excluding diaryl/α,β-unsaturated/α-hetero) is 1. The average Bonchev–Trinajstić information content (AvgIpc) is 3.35. The highest BCUT2D eigenvalue weighted by atomic mass is 32.2. The minimum atomic E-state index is -3.77. The van der Waals surface area contributed by atoms with Crippen LogP contribution in [0.25, 0.3) is 0 Å². The van der Waals surface area contributed by atoms with Gasteiger partial charge in [0.2, 0.25) is 15.8 Å². The summed E-state index contributed by atoms with van der Waals surface area (Å²) < 4.78 is 39.1. The fraction of sp³-hybridized carbons (Fsp3) is 0.238. The predicted molar refractivity (Wildman–Crippen MR) is 109 cm³/mol. The number of esters is 1. The van der Waals surface area contributed by atoms with Crippen molar-refractivity contribution in [2.45, 2.75) is 25.3 Å². The van der Waals surface area contributed by atoms with Crippen molar-refractivity contribution in [3.63, 3.8) is 0 Å². The molecule has 1 N–H and O–H groups in total. The van der Waals surface area contributed by atoms with Gasteiger partial charge in [0.1, 0.15) is 5.76 Å². The van der Waals surface area contributed by atoms with E-state index in [1.807, 2.05) is 25.5 Å². The molecule has 0 saturated carbocycles. The van der Waals surface area contributed by atoms with Gasteiger partial charge in [0.15, 0.2) is 6.61 Å². The Bertz CT molecular complexity index is 1160. The van der Waals surface area contributed by atoms with Crippen molar-refractivity contribution in [3.05, 3.63) is 77.0 Å². The van der Waals surface area contributed by atoms with E-state index in [1.54, 1.807) is 18.2 Å². The number of furan rings is 1. The monoisotopic (exact) mass is 430 g/mol.